The van der Waals surface area contributed by atoms with Gasteiger partial charge in [0.1, 0.15) is 4.60 Å². The molecule has 0 saturated carbocycles. The van der Waals surface area contributed by atoms with Crippen LogP contribution in [0.25, 0.3) is 0 Å². The van der Waals surface area contributed by atoms with Crippen LogP contribution < -0.4 is 10.1 Å². The zero-order valence-electron chi connectivity index (χ0n) is 9.29. The Labute approximate surface area is 105 Å². The lowest BCUT2D eigenvalue weighted by atomic mass is 10.0. The zero-order valence-corrected chi connectivity index (χ0v) is 10.9. The number of hydrogen-bond acceptors (Lipinski definition) is 3. The number of hydrogen-bond donors (Lipinski definition) is 1. The summed E-state index contributed by atoms with van der Waals surface area (Å²) in [4.78, 5) is 4.23. The van der Waals surface area contributed by atoms with Crippen molar-refractivity contribution in [3.63, 3.8) is 0 Å². The van der Waals surface area contributed by atoms with E-state index >= 15 is 0 Å². The van der Waals surface area contributed by atoms with E-state index in [1.165, 1.54) is 19.3 Å². The smallest absolute Gasteiger partial charge is 0.214 e. The first-order valence-corrected chi connectivity index (χ1v) is 6.62. The summed E-state index contributed by atoms with van der Waals surface area (Å²) in [6, 6.07) is 6.35. The summed E-state index contributed by atoms with van der Waals surface area (Å²) in [5, 5.41) is 3.51. The minimum absolute atomic E-state index is 0.626. The van der Waals surface area contributed by atoms with Crippen LogP contribution >= 0.6 is 15.9 Å². The molecule has 16 heavy (non-hydrogen) atoms. The van der Waals surface area contributed by atoms with Crippen LogP contribution in [0.2, 0.25) is 0 Å². The second kappa shape index (κ2) is 6.21. The van der Waals surface area contributed by atoms with Gasteiger partial charge in [-0.1, -0.05) is 12.5 Å². The van der Waals surface area contributed by atoms with Crippen LogP contribution in [0.5, 0.6) is 5.88 Å². The summed E-state index contributed by atoms with van der Waals surface area (Å²) < 4.78 is 6.43. The van der Waals surface area contributed by atoms with E-state index in [0.29, 0.717) is 11.9 Å². The molecule has 1 atom stereocenters. The van der Waals surface area contributed by atoms with Gasteiger partial charge >= 0.3 is 0 Å². The van der Waals surface area contributed by atoms with E-state index in [4.69, 9.17) is 4.74 Å². The van der Waals surface area contributed by atoms with Crippen LogP contribution in [-0.4, -0.2) is 24.2 Å². The third-order valence-electron chi connectivity index (χ3n) is 2.82. The molecule has 88 valence electrons. The molecule has 0 aliphatic carbocycles. The third-order valence-corrected chi connectivity index (χ3v) is 3.26. The van der Waals surface area contributed by atoms with E-state index in [0.717, 1.165) is 24.2 Å². The Morgan fingerprint density at radius 3 is 3.12 bits per heavy atom. The predicted molar refractivity (Wildman–Crippen MR) is 67.7 cm³/mol. The van der Waals surface area contributed by atoms with Crippen molar-refractivity contribution in [2.75, 3.05) is 13.2 Å². The topological polar surface area (TPSA) is 34.1 Å². The minimum Gasteiger partial charge on any atom is -0.478 e. The van der Waals surface area contributed by atoms with E-state index in [2.05, 4.69) is 26.2 Å². The van der Waals surface area contributed by atoms with Gasteiger partial charge in [-0.05, 0) is 47.8 Å². The molecule has 0 amide bonds. The van der Waals surface area contributed by atoms with Gasteiger partial charge in [0.05, 0.1) is 6.61 Å². The minimum atomic E-state index is 0.626. The van der Waals surface area contributed by atoms with Crippen molar-refractivity contribution in [3.8, 4) is 5.88 Å². The number of nitrogens with zero attached hydrogens (tertiary/aromatic N) is 1. The largest absolute Gasteiger partial charge is 0.478 e. The maximum absolute atomic E-state index is 5.61. The maximum Gasteiger partial charge on any atom is 0.214 e. The second-order valence-electron chi connectivity index (χ2n) is 4.08. The highest BCUT2D eigenvalue weighted by atomic mass is 79.9. The summed E-state index contributed by atoms with van der Waals surface area (Å²) in [5.74, 6) is 0.699. The predicted octanol–water partition coefficient (Wildman–Crippen LogP) is 2.76. The van der Waals surface area contributed by atoms with Crippen LogP contribution in [-0.2, 0) is 0 Å². The van der Waals surface area contributed by atoms with Crippen molar-refractivity contribution >= 4 is 15.9 Å². The number of pyridine rings is 1. The van der Waals surface area contributed by atoms with Gasteiger partial charge < -0.3 is 10.1 Å². The van der Waals surface area contributed by atoms with Crippen molar-refractivity contribution in [1.82, 2.24) is 10.3 Å². The second-order valence-corrected chi connectivity index (χ2v) is 4.89. The quantitative estimate of drug-likeness (QED) is 0.864. The Hall–Kier alpha value is -0.610. The number of ether oxygens (including phenoxy) is 1. The van der Waals surface area contributed by atoms with Gasteiger partial charge in [-0.2, -0.15) is 0 Å². The molecule has 0 radical (unpaired) electrons. The van der Waals surface area contributed by atoms with Crippen LogP contribution in [0.3, 0.4) is 0 Å². The SMILES string of the molecule is Brc1cccc(OCCC2CCCCN2)n1. The molecule has 0 aromatic carbocycles. The zero-order chi connectivity index (χ0) is 11.2. The van der Waals surface area contributed by atoms with Crippen LogP contribution in [0.1, 0.15) is 25.7 Å². The summed E-state index contributed by atoms with van der Waals surface area (Å²) in [6.45, 7) is 1.89. The molecule has 3 nitrogen and oxygen atoms in total. The van der Waals surface area contributed by atoms with Gasteiger partial charge in [-0.15, -0.1) is 0 Å². The van der Waals surface area contributed by atoms with E-state index in [1.807, 2.05) is 18.2 Å². The molecule has 0 spiro atoms. The number of aromatic nitrogens is 1. The summed E-state index contributed by atoms with van der Waals surface area (Å²) in [7, 11) is 0. The molecule has 1 aromatic heterocycles. The molecule has 2 rings (SSSR count). The Morgan fingerprint density at radius 1 is 1.44 bits per heavy atom. The molecular formula is C12H17BrN2O. The molecule has 2 heterocycles. The normalized spacial score (nSPS) is 20.7. The monoisotopic (exact) mass is 284 g/mol. The van der Waals surface area contributed by atoms with E-state index < -0.39 is 0 Å². The van der Waals surface area contributed by atoms with Gasteiger partial charge in [0, 0.05) is 12.1 Å². The third kappa shape index (κ3) is 3.76. The highest BCUT2D eigenvalue weighted by Gasteiger charge is 2.12. The molecule has 0 bridgehead atoms. The van der Waals surface area contributed by atoms with Crippen LogP contribution in [0, 0.1) is 0 Å². The van der Waals surface area contributed by atoms with Crippen molar-refractivity contribution in [2.24, 2.45) is 0 Å². The average Bonchev–Trinajstić information content (AvgIpc) is 2.30. The summed E-state index contributed by atoms with van der Waals surface area (Å²) in [5.41, 5.74) is 0. The lowest BCUT2D eigenvalue weighted by Gasteiger charge is -2.23. The molecule has 1 aliphatic rings. The molecule has 1 aromatic rings. The average molecular weight is 285 g/mol. The van der Waals surface area contributed by atoms with Gasteiger partial charge in [-0.25, -0.2) is 4.98 Å². The molecule has 1 unspecified atom stereocenters. The number of halogens is 1. The molecule has 1 fully saturated rings. The van der Waals surface area contributed by atoms with Gasteiger partial charge in [0.25, 0.3) is 0 Å². The first-order valence-electron chi connectivity index (χ1n) is 5.83. The lowest BCUT2D eigenvalue weighted by molar-refractivity contribution is 0.260. The van der Waals surface area contributed by atoms with Crippen molar-refractivity contribution < 1.29 is 4.74 Å². The molecule has 4 heteroatoms. The molecular weight excluding hydrogens is 268 g/mol. The number of nitrogens with one attached hydrogen (secondary N) is 1. The standard InChI is InChI=1S/C12H17BrN2O/c13-11-5-3-6-12(15-11)16-9-7-10-4-1-2-8-14-10/h3,5-6,10,14H,1-2,4,7-9H2. The van der Waals surface area contributed by atoms with E-state index in [9.17, 15) is 0 Å². The number of piperidine rings is 1. The molecule has 1 aliphatic heterocycles. The van der Waals surface area contributed by atoms with Crippen molar-refractivity contribution in [3.05, 3.63) is 22.8 Å². The lowest BCUT2D eigenvalue weighted by Crippen LogP contribution is -2.35. The summed E-state index contributed by atoms with van der Waals surface area (Å²) in [6.07, 6.45) is 4.99. The fourth-order valence-electron chi connectivity index (χ4n) is 1.95. The highest BCUT2D eigenvalue weighted by molar-refractivity contribution is 9.10. The van der Waals surface area contributed by atoms with Crippen molar-refractivity contribution in [1.29, 1.82) is 0 Å². The summed E-state index contributed by atoms with van der Waals surface area (Å²) >= 11 is 3.33. The van der Waals surface area contributed by atoms with E-state index in [1.54, 1.807) is 0 Å². The van der Waals surface area contributed by atoms with Gasteiger partial charge in [0.15, 0.2) is 0 Å². The fourth-order valence-corrected chi connectivity index (χ4v) is 2.27. The van der Waals surface area contributed by atoms with Gasteiger partial charge in [-0.3, -0.25) is 0 Å². The van der Waals surface area contributed by atoms with Crippen molar-refractivity contribution in [2.45, 2.75) is 31.7 Å². The Balaban J connectivity index is 1.71. The Morgan fingerprint density at radius 2 is 2.38 bits per heavy atom. The van der Waals surface area contributed by atoms with Crippen LogP contribution in [0.15, 0.2) is 22.8 Å². The Bertz CT molecular complexity index is 327. The molecule has 1 saturated heterocycles. The number of rotatable bonds is 4. The fraction of sp³-hybridized carbons (Fsp3) is 0.583. The van der Waals surface area contributed by atoms with Crippen LogP contribution in [0.4, 0.5) is 0 Å². The molecule has 1 N–H and O–H groups in total. The first kappa shape index (κ1) is 11.9. The van der Waals surface area contributed by atoms with E-state index in [-0.39, 0.29) is 0 Å². The van der Waals surface area contributed by atoms with Gasteiger partial charge in [0.2, 0.25) is 5.88 Å². The maximum atomic E-state index is 5.61. The first-order chi connectivity index (χ1) is 7.84. The Kier molecular flexibility index (Phi) is 4.60. The highest BCUT2D eigenvalue weighted by Crippen LogP contribution is 2.14.